The summed E-state index contributed by atoms with van der Waals surface area (Å²) in [6.45, 7) is 4.13. The minimum Gasteiger partial charge on any atom is -0.357 e. The third-order valence-electron chi connectivity index (χ3n) is 2.61. The fourth-order valence-electron chi connectivity index (χ4n) is 1.29. The smallest absolute Gasteiger partial charge is 0.256 e. The van der Waals surface area contributed by atoms with E-state index in [0.29, 0.717) is 11.6 Å². The molecule has 1 amide bonds. The maximum atomic E-state index is 11.8. The Kier molecular flexibility index (Phi) is 4.34. The van der Waals surface area contributed by atoms with E-state index in [2.05, 4.69) is 18.8 Å². The highest BCUT2D eigenvalue weighted by Gasteiger charge is 2.15. The molecule has 0 saturated heterocycles. The van der Waals surface area contributed by atoms with Crippen molar-refractivity contribution in [1.82, 2.24) is 9.88 Å². The number of rotatable bonds is 3. The fourth-order valence-corrected chi connectivity index (χ4v) is 1.52. The van der Waals surface area contributed by atoms with E-state index in [4.69, 9.17) is 11.6 Å². The van der Waals surface area contributed by atoms with E-state index in [0.717, 1.165) is 5.82 Å². The van der Waals surface area contributed by atoms with Crippen molar-refractivity contribution < 1.29 is 4.79 Å². The molecule has 0 spiro atoms. The topological polar surface area (TPSA) is 36.4 Å². The normalized spacial score (nSPS) is 10.5. The molecular formula is C12H18ClN3O. The van der Waals surface area contributed by atoms with E-state index < -0.39 is 0 Å². The van der Waals surface area contributed by atoms with Gasteiger partial charge in [-0.3, -0.25) is 4.79 Å². The first-order valence-corrected chi connectivity index (χ1v) is 5.83. The van der Waals surface area contributed by atoms with Crippen LogP contribution in [0.2, 0.25) is 5.15 Å². The summed E-state index contributed by atoms with van der Waals surface area (Å²) in [6, 6.07) is 3.85. The number of aromatic nitrogens is 1. The van der Waals surface area contributed by atoms with Gasteiger partial charge in [0.05, 0.1) is 5.56 Å². The zero-order valence-electron chi connectivity index (χ0n) is 10.9. The third-order valence-corrected chi connectivity index (χ3v) is 2.89. The van der Waals surface area contributed by atoms with Crippen LogP contribution in [0, 0.1) is 0 Å². The molecule has 94 valence electrons. The number of hydrogen-bond donors (Lipinski definition) is 0. The SMILES string of the molecule is CC(C)N(C)c1ccc(C(=O)N(C)C)c(Cl)n1. The third kappa shape index (κ3) is 3.09. The predicted octanol–water partition coefficient (Wildman–Crippen LogP) is 2.28. The Morgan fingerprint density at radius 3 is 2.29 bits per heavy atom. The summed E-state index contributed by atoms with van der Waals surface area (Å²) < 4.78 is 0. The highest BCUT2D eigenvalue weighted by atomic mass is 35.5. The van der Waals surface area contributed by atoms with Crippen LogP contribution in [-0.2, 0) is 0 Å². The predicted molar refractivity (Wildman–Crippen MR) is 70.8 cm³/mol. The first-order valence-electron chi connectivity index (χ1n) is 5.45. The van der Waals surface area contributed by atoms with Crippen molar-refractivity contribution in [3.8, 4) is 0 Å². The standard InChI is InChI=1S/C12H18ClN3O/c1-8(2)16(5)10-7-6-9(11(13)14-10)12(17)15(3)4/h6-8H,1-5H3. The van der Waals surface area contributed by atoms with E-state index in [1.807, 2.05) is 18.0 Å². The van der Waals surface area contributed by atoms with Crippen LogP contribution in [0.5, 0.6) is 0 Å². The van der Waals surface area contributed by atoms with Crippen molar-refractivity contribution in [2.45, 2.75) is 19.9 Å². The van der Waals surface area contributed by atoms with E-state index in [-0.39, 0.29) is 11.1 Å². The number of pyridine rings is 1. The van der Waals surface area contributed by atoms with Gasteiger partial charge in [0.15, 0.2) is 0 Å². The summed E-state index contributed by atoms with van der Waals surface area (Å²) >= 11 is 6.03. The van der Waals surface area contributed by atoms with E-state index in [9.17, 15) is 4.79 Å². The Morgan fingerprint density at radius 2 is 1.88 bits per heavy atom. The molecule has 0 fully saturated rings. The van der Waals surface area contributed by atoms with Crippen LogP contribution < -0.4 is 4.90 Å². The van der Waals surface area contributed by atoms with Crippen LogP contribution in [0.25, 0.3) is 0 Å². The molecule has 0 aliphatic carbocycles. The molecule has 1 rings (SSSR count). The molecular weight excluding hydrogens is 238 g/mol. The van der Waals surface area contributed by atoms with Gasteiger partial charge in [-0.05, 0) is 26.0 Å². The largest absolute Gasteiger partial charge is 0.357 e. The van der Waals surface area contributed by atoms with Crippen LogP contribution in [-0.4, -0.2) is 43.0 Å². The number of hydrogen-bond acceptors (Lipinski definition) is 3. The molecule has 0 saturated carbocycles. The van der Waals surface area contributed by atoms with Gasteiger partial charge in [-0.25, -0.2) is 4.98 Å². The molecule has 0 aliphatic rings. The van der Waals surface area contributed by atoms with E-state index in [1.54, 1.807) is 20.2 Å². The monoisotopic (exact) mass is 255 g/mol. The van der Waals surface area contributed by atoms with Crippen molar-refractivity contribution in [3.05, 3.63) is 22.8 Å². The Labute approximate surface area is 107 Å². The van der Waals surface area contributed by atoms with Crippen molar-refractivity contribution in [2.75, 3.05) is 26.0 Å². The van der Waals surface area contributed by atoms with Crippen LogP contribution >= 0.6 is 11.6 Å². The maximum absolute atomic E-state index is 11.8. The number of carbonyl (C=O) groups excluding carboxylic acids is 1. The van der Waals surface area contributed by atoms with Gasteiger partial charge in [-0.15, -0.1) is 0 Å². The second-order valence-electron chi connectivity index (χ2n) is 4.41. The van der Waals surface area contributed by atoms with Crippen LogP contribution in [0.1, 0.15) is 24.2 Å². The van der Waals surface area contributed by atoms with Gasteiger partial charge < -0.3 is 9.80 Å². The second-order valence-corrected chi connectivity index (χ2v) is 4.77. The van der Waals surface area contributed by atoms with Gasteiger partial charge in [0, 0.05) is 27.2 Å². The summed E-state index contributed by atoms with van der Waals surface area (Å²) in [4.78, 5) is 19.5. The molecule has 0 radical (unpaired) electrons. The highest BCUT2D eigenvalue weighted by Crippen LogP contribution is 2.20. The van der Waals surface area contributed by atoms with Gasteiger partial charge in [0.2, 0.25) is 0 Å². The number of amides is 1. The summed E-state index contributed by atoms with van der Waals surface area (Å²) in [5, 5.41) is 0.244. The minimum atomic E-state index is -0.138. The molecule has 0 atom stereocenters. The zero-order valence-corrected chi connectivity index (χ0v) is 11.6. The van der Waals surface area contributed by atoms with Gasteiger partial charge in [-0.1, -0.05) is 11.6 Å². The quantitative estimate of drug-likeness (QED) is 0.778. The minimum absolute atomic E-state index is 0.138. The Balaban J connectivity index is 3.06. The number of nitrogens with zero attached hydrogens (tertiary/aromatic N) is 3. The molecule has 0 aliphatic heterocycles. The first-order chi connectivity index (χ1) is 7.84. The summed E-state index contributed by atoms with van der Waals surface area (Å²) in [7, 11) is 5.32. The lowest BCUT2D eigenvalue weighted by atomic mass is 10.2. The molecule has 5 heteroatoms. The zero-order chi connectivity index (χ0) is 13.2. The average molecular weight is 256 g/mol. The van der Waals surface area contributed by atoms with Gasteiger partial charge in [0.1, 0.15) is 11.0 Å². The van der Waals surface area contributed by atoms with Crippen molar-refractivity contribution in [1.29, 1.82) is 0 Å². The Morgan fingerprint density at radius 1 is 1.29 bits per heavy atom. The van der Waals surface area contributed by atoms with Crippen molar-refractivity contribution in [2.24, 2.45) is 0 Å². The molecule has 0 unspecified atom stereocenters. The first kappa shape index (κ1) is 13.8. The lowest BCUT2D eigenvalue weighted by molar-refractivity contribution is 0.0827. The van der Waals surface area contributed by atoms with E-state index in [1.165, 1.54) is 4.90 Å². The van der Waals surface area contributed by atoms with Crippen LogP contribution in [0.3, 0.4) is 0 Å². The Bertz CT molecular complexity index is 418. The fraction of sp³-hybridized carbons (Fsp3) is 0.500. The molecule has 0 aromatic carbocycles. The van der Waals surface area contributed by atoms with Gasteiger partial charge in [-0.2, -0.15) is 0 Å². The molecule has 4 nitrogen and oxygen atoms in total. The number of halogens is 1. The molecule has 17 heavy (non-hydrogen) atoms. The number of carbonyl (C=O) groups is 1. The summed E-state index contributed by atoms with van der Waals surface area (Å²) in [5.74, 6) is 0.626. The molecule has 1 aromatic heterocycles. The summed E-state index contributed by atoms with van der Waals surface area (Å²) in [5.41, 5.74) is 0.428. The van der Waals surface area contributed by atoms with Crippen LogP contribution in [0.4, 0.5) is 5.82 Å². The molecule has 1 heterocycles. The molecule has 1 aromatic rings. The molecule has 0 N–H and O–H groups in total. The number of anilines is 1. The van der Waals surface area contributed by atoms with Gasteiger partial charge in [0.25, 0.3) is 5.91 Å². The van der Waals surface area contributed by atoms with E-state index >= 15 is 0 Å². The van der Waals surface area contributed by atoms with Gasteiger partial charge >= 0.3 is 0 Å². The lowest BCUT2D eigenvalue weighted by Crippen LogP contribution is -2.27. The summed E-state index contributed by atoms with van der Waals surface area (Å²) in [6.07, 6.45) is 0. The second kappa shape index (κ2) is 5.36. The lowest BCUT2D eigenvalue weighted by Gasteiger charge is -2.23. The average Bonchev–Trinajstić information content (AvgIpc) is 2.26. The van der Waals surface area contributed by atoms with Crippen LogP contribution in [0.15, 0.2) is 12.1 Å². The highest BCUT2D eigenvalue weighted by molar-refractivity contribution is 6.32. The molecule has 0 bridgehead atoms. The van der Waals surface area contributed by atoms with Crippen molar-refractivity contribution in [3.63, 3.8) is 0 Å². The maximum Gasteiger partial charge on any atom is 0.256 e. The Hall–Kier alpha value is -1.29. The van der Waals surface area contributed by atoms with Crippen molar-refractivity contribution >= 4 is 23.3 Å².